The number of carbonyl (C=O) groups is 1. The van der Waals surface area contributed by atoms with Gasteiger partial charge in [0.25, 0.3) is 5.56 Å². The molecule has 0 saturated carbocycles. The summed E-state index contributed by atoms with van der Waals surface area (Å²) in [6, 6.07) is -0.250. The Hall–Kier alpha value is -1.97. The van der Waals surface area contributed by atoms with Gasteiger partial charge >= 0.3 is 6.03 Å². The number of aliphatic hydroxyl groups excluding tert-OH is 1. The lowest BCUT2D eigenvalue weighted by Gasteiger charge is -2.34. The number of likely N-dealkylation sites (tertiary alicyclic amines) is 1. The fourth-order valence-electron chi connectivity index (χ4n) is 2.95. The van der Waals surface area contributed by atoms with E-state index in [4.69, 9.17) is 0 Å². The zero-order valence-corrected chi connectivity index (χ0v) is 14.1. The van der Waals surface area contributed by atoms with Crippen molar-refractivity contribution in [1.29, 1.82) is 0 Å². The summed E-state index contributed by atoms with van der Waals surface area (Å²) in [5.74, 6) is 0. The number of anilines is 1. The normalized spacial score (nSPS) is 18.6. The van der Waals surface area contributed by atoms with Gasteiger partial charge in [0.05, 0.1) is 12.8 Å². The molecule has 1 saturated heterocycles. The lowest BCUT2D eigenvalue weighted by atomic mass is 10.0. The molecule has 8 nitrogen and oxygen atoms in total. The zero-order chi connectivity index (χ0) is 16.9. The number of aromatic nitrogens is 2. The van der Waals surface area contributed by atoms with E-state index in [-0.39, 0.29) is 23.9 Å². The number of piperidine rings is 1. The summed E-state index contributed by atoms with van der Waals surface area (Å²) in [4.78, 5) is 31.1. The summed E-state index contributed by atoms with van der Waals surface area (Å²) in [6.45, 7) is 2.22. The fraction of sp³-hybridized carbons (Fsp3) is 0.533. The van der Waals surface area contributed by atoms with Gasteiger partial charge in [-0.25, -0.2) is 9.78 Å². The van der Waals surface area contributed by atoms with Crippen LogP contribution in [0.4, 0.5) is 10.5 Å². The molecular weight excluding hydrogens is 330 g/mol. The molecule has 9 heteroatoms. The number of rotatable bonds is 5. The van der Waals surface area contributed by atoms with E-state index in [2.05, 4.69) is 20.5 Å². The maximum Gasteiger partial charge on any atom is 0.319 e. The molecule has 1 atom stereocenters. The Labute approximate surface area is 143 Å². The monoisotopic (exact) mass is 351 g/mol. The molecule has 3 heterocycles. The van der Waals surface area contributed by atoms with E-state index in [9.17, 15) is 14.7 Å². The molecule has 3 N–H and O–H groups in total. The van der Waals surface area contributed by atoms with Crippen LogP contribution < -0.4 is 16.2 Å². The Bertz CT molecular complexity index is 759. The summed E-state index contributed by atoms with van der Waals surface area (Å²) in [5, 5.41) is 16.4. The van der Waals surface area contributed by atoms with Crippen molar-refractivity contribution in [2.24, 2.45) is 0 Å². The van der Waals surface area contributed by atoms with Crippen molar-refractivity contribution in [1.82, 2.24) is 19.6 Å². The molecule has 2 amide bonds. The van der Waals surface area contributed by atoms with E-state index >= 15 is 0 Å². The van der Waals surface area contributed by atoms with Crippen LogP contribution in [0.3, 0.4) is 0 Å². The first-order chi connectivity index (χ1) is 11.7. The minimum atomic E-state index is -0.429. The molecular formula is C15H21N5O3S. The van der Waals surface area contributed by atoms with Gasteiger partial charge in [-0.15, -0.1) is 11.3 Å². The number of fused-ring (bicyclic) bond motifs is 1. The number of hydrogen-bond acceptors (Lipinski definition) is 6. The van der Waals surface area contributed by atoms with Gasteiger partial charge in [-0.1, -0.05) is 6.42 Å². The standard InChI is InChI=1S/C15H21N5O3S/c21-10-11-3-1-2-5-19(11)6-4-16-14(23)18-12-9-17-15-20(13(12)22)7-8-24-15/h7-9,11,21H,1-6,10H2,(H2,16,18,23)/t11-/m1/s1. The minimum Gasteiger partial charge on any atom is -0.395 e. The maximum atomic E-state index is 12.2. The smallest absolute Gasteiger partial charge is 0.319 e. The van der Waals surface area contributed by atoms with Crippen molar-refractivity contribution in [3.05, 3.63) is 28.1 Å². The predicted octanol–water partition coefficient (Wildman–Crippen LogP) is 0.724. The number of amides is 2. The summed E-state index contributed by atoms with van der Waals surface area (Å²) >= 11 is 1.36. The average molecular weight is 351 g/mol. The van der Waals surface area contributed by atoms with E-state index in [0.717, 1.165) is 25.8 Å². The second-order valence-electron chi connectivity index (χ2n) is 5.78. The van der Waals surface area contributed by atoms with E-state index < -0.39 is 6.03 Å². The number of nitrogens with zero attached hydrogens (tertiary/aromatic N) is 3. The van der Waals surface area contributed by atoms with Crippen LogP contribution in [0.2, 0.25) is 0 Å². The topological polar surface area (TPSA) is 99.0 Å². The zero-order valence-electron chi connectivity index (χ0n) is 13.3. The van der Waals surface area contributed by atoms with Crippen molar-refractivity contribution < 1.29 is 9.90 Å². The third-order valence-corrected chi connectivity index (χ3v) is 5.01. The highest BCUT2D eigenvalue weighted by Crippen LogP contribution is 2.15. The Morgan fingerprint density at radius 2 is 2.33 bits per heavy atom. The highest BCUT2D eigenvalue weighted by molar-refractivity contribution is 7.15. The second kappa shape index (κ2) is 7.73. The van der Waals surface area contributed by atoms with Crippen molar-refractivity contribution in [3.8, 4) is 0 Å². The van der Waals surface area contributed by atoms with Gasteiger partial charge in [0.1, 0.15) is 5.69 Å². The van der Waals surface area contributed by atoms with Crippen LogP contribution >= 0.6 is 11.3 Å². The van der Waals surface area contributed by atoms with Crippen LogP contribution in [0.25, 0.3) is 4.96 Å². The quantitative estimate of drug-likeness (QED) is 0.737. The number of nitrogens with one attached hydrogen (secondary N) is 2. The molecule has 130 valence electrons. The van der Waals surface area contributed by atoms with Gasteiger partial charge in [0, 0.05) is 30.7 Å². The third-order valence-electron chi connectivity index (χ3n) is 4.24. The van der Waals surface area contributed by atoms with E-state index in [1.807, 2.05) is 0 Å². The summed E-state index contributed by atoms with van der Waals surface area (Å²) < 4.78 is 1.40. The average Bonchev–Trinajstić information content (AvgIpc) is 3.07. The molecule has 1 aliphatic rings. The Morgan fingerprint density at radius 1 is 1.46 bits per heavy atom. The lowest BCUT2D eigenvalue weighted by molar-refractivity contribution is 0.0917. The molecule has 0 unspecified atom stereocenters. The van der Waals surface area contributed by atoms with Gasteiger partial charge in [0.15, 0.2) is 4.96 Å². The van der Waals surface area contributed by atoms with Gasteiger partial charge in [0.2, 0.25) is 0 Å². The number of hydrogen-bond donors (Lipinski definition) is 3. The highest BCUT2D eigenvalue weighted by Gasteiger charge is 2.21. The van der Waals surface area contributed by atoms with E-state index in [0.29, 0.717) is 18.1 Å². The Balaban J connectivity index is 1.51. The molecule has 0 bridgehead atoms. The van der Waals surface area contributed by atoms with E-state index in [1.54, 1.807) is 11.6 Å². The Kier molecular flexibility index (Phi) is 5.44. The molecule has 0 spiro atoms. The molecule has 0 aliphatic carbocycles. The fourth-order valence-corrected chi connectivity index (χ4v) is 3.63. The molecule has 0 aromatic carbocycles. The molecule has 0 radical (unpaired) electrons. The lowest BCUT2D eigenvalue weighted by Crippen LogP contribution is -2.46. The second-order valence-corrected chi connectivity index (χ2v) is 6.65. The van der Waals surface area contributed by atoms with Crippen molar-refractivity contribution >= 4 is 28.0 Å². The van der Waals surface area contributed by atoms with Crippen LogP contribution in [-0.2, 0) is 0 Å². The van der Waals surface area contributed by atoms with Crippen molar-refractivity contribution in [2.75, 3.05) is 31.6 Å². The molecule has 3 rings (SSSR count). The van der Waals surface area contributed by atoms with Gasteiger partial charge in [-0.05, 0) is 19.4 Å². The molecule has 1 aliphatic heterocycles. The molecule has 2 aromatic rings. The van der Waals surface area contributed by atoms with Crippen molar-refractivity contribution in [2.45, 2.75) is 25.3 Å². The van der Waals surface area contributed by atoms with Crippen LogP contribution in [0.1, 0.15) is 19.3 Å². The first-order valence-electron chi connectivity index (χ1n) is 8.03. The number of aliphatic hydroxyl groups is 1. The maximum absolute atomic E-state index is 12.2. The van der Waals surface area contributed by atoms with Crippen LogP contribution in [0.5, 0.6) is 0 Å². The van der Waals surface area contributed by atoms with Crippen molar-refractivity contribution in [3.63, 3.8) is 0 Å². The predicted molar refractivity (Wildman–Crippen MR) is 92.7 cm³/mol. The first-order valence-corrected chi connectivity index (χ1v) is 8.91. The summed E-state index contributed by atoms with van der Waals surface area (Å²) in [6.07, 6.45) is 6.25. The largest absolute Gasteiger partial charge is 0.395 e. The van der Waals surface area contributed by atoms with Crippen LogP contribution in [-0.4, -0.2) is 57.7 Å². The highest BCUT2D eigenvalue weighted by atomic mass is 32.1. The molecule has 2 aromatic heterocycles. The Morgan fingerprint density at radius 3 is 3.17 bits per heavy atom. The third kappa shape index (κ3) is 3.74. The number of carbonyl (C=O) groups excluding carboxylic acids is 1. The summed E-state index contributed by atoms with van der Waals surface area (Å²) in [7, 11) is 0. The minimum absolute atomic E-state index is 0.148. The van der Waals surface area contributed by atoms with Crippen LogP contribution in [0, 0.1) is 0 Å². The van der Waals surface area contributed by atoms with Crippen LogP contribution in [0.15, 0.2) is 22.6 Å². The SMILES string of the molecule is O=C(NCCN1CCCC[C@@H]1CO)Nc1cnc2sccn2c1=O. The molecule has 1 fully saturated rings. The number of urea groups is 1. The van der Waals surface area contributed by atoms with Gasteiger partial charge in [-0.2, -0.15) is 0 Å². The first kappa shape index (κ1) is 16.9. The summed E-state index contributed by atoms with van der Waals surface area (Å²) in [5.41, 5.74) is -0.151. The number of thiazole rings is 1. The van der Waals surface area contributed by atoms with E-state index in [1.165, 1.54) is 21.9 Å². The molecule has 24 heavy (non-hydrogen) atoms. The van der Waals surface area contributed by atoms with Gasteiger partial charge in [-0.3, -0.25) is 14.1 Å². The van der Waals surface area contributed by atoms with Gasteiger partial charge < -0.3 is 15.7 Å².